The van der Waals surface area contributed by atoms with Crippen LogP contribution in [0, 0.1) is 0 Å². The number of urea groups is 1. The number of nitrogens with zero attached hydrogens (tertiary/aromatic N) is 3. The van der Waals surface area contributed by atoms with E-state index in [9.17, 15) is 9.59 Å². The number of carbonyl (C=O) groups excluding carboxylic acids is 2. The van der Waals surface area contributed by atoms with E-state index in [2.05, 4.69) is 15.7 Å². The average molecular weight is 403 g/mol. The summed E-state index contributed by atoms with van der Waals surface area (Å²) in [4.78, 5) is 25.9. The fourth-order valence-electron chi connectivity index (χ4n) is 3.59. The lowest BCUT2D eigenvalue weighted by molar-refractivity contribution is -0.128. The number of amides is 3. The van der Waals surface area contributed by atoms with Crippen molar-refractivity contribution in [3.63, 3.8) is 0 Å². The second-order valence-corrected chi connectivity index (χ2v) is 7.40. The molecule has 0 radical (unpaired) electrons. The molecule has 1 aromatic heterocycles. The van der Waals surface area contributed by atoms with Gasteiger partial charge in [0.05, 0.1) is 6.54 Å². The number of nitrogens with one attached hydrogen (secondary N) is 2. The predicted molar refractivity (Wildman–Crippen MR) is 115 cm³/mol. The molecule has 0 bridgehead atoms. The van der Waals surface area contributed by atoms with Gasteiger partial charge in [-0.1, -0.05) is 36.4 Å². The standard InChI is InChI=1S/C23H25N5O2/c29-22-7-3-13-27(22)16-18-8-10-21(11-9-18)26-23(30)24-15-19-5-1-2-6-20(19)17-28-14-4-12-25-28/h1-2,4-6,8-12,14H,3,7,13,15-17H2,(H2,24,26,30). The summed E-state index contributed by atoms with van der Waals surface area (Å²) in [6, 6.07) is 17.2. The maximum atomic E-state index is 12.3. The number of anilines is 1. The van der Waals surface area contributed by atoms with Crippen molar-refractivity contribution in [3.8, 4) is 0 Å². The zero-order chi connectivity index (χ0) is 20.8. The number of hydrogen-bond acceptors (Lipinski definition) is 3. The van der Waals surface area contributed by atoms with Crippen molar-refractivity contribution >= 4 is 17.6 Å². The molecule has 4 rings (SSSR count). The lowest BCUT2D eigenvalue weighted by Gasteiger charge is -2.16. The van der Waals surface area contributed by atoms with Crippen molar-refractivity contribution in [2.24, 2.45) is 0 Å². The first kappa shape index (κ1) is 19.7. The molecule has 2 N–H and O–H groups in total. The zero-order valence-corrected chi connectivity index (χ0v) is 16.8. The highest BCUT2D eigenvalue weighted by Crippen LogP contribution is 2.16. The maximum absolute atomic E-state index is 12.3. The van der Waals surface area contributed by atoms with Crippen LogP contribution in [0.3, 0.4) is 0 Å². The molecule has 154 valence electrons. The van der Waals surface area contributed by atoms with E-state index in [1.165, 1.54) is 0 Å². The van der Waals surface area contributed by atoms with Gasteiger partial charge in [-0.05, 0) is 41.3 Å². The largest absolute Gasteiger partial charge is 0.338 e. The van der Waals surface area contributed by atoms with Crippen LogP contribution in [0.25, 0.3) is 0 Å². The third-order valence-electron chi connectivity index (χ3n) is 5.21. The first-order valence-corrected chi connectivity index (χ1v) is 10.1. The average Bonchev–Trinajstić information content (AvgIpc) is 3.41. The lowest BCUT2D eigenvalue weighted by Crippen LogP contribution is -2.28. The Morgan fingerprint density at radius 1 is 1.00 bits per heavy atom. The van der Waals surface area contributed by atoms with Crippen molar-refractivity contribution in [2.75, 3.05) is 11.9 Å². The molecule has 30 heavy (non-hydrogen) atoms. The van der Waals surface area contributed by atoms with E-state index in [1.807, 2.05) is 70.4 Å². The molecule has 0 aliphatic carbocycles. The van der Waals surface area contributed by atoms with E-state index >= 15 is 0 Å². The Balaban J connectivity index is 1.29. The second kappa shape index (κ2) is 9.26. The molecule has 1 saturated heterocycles. The molecule has 1 aliphatic rings. The molecular formula is C23H25N5O2. The van der Waals surface area contributed by atoms with Crippen LogP contribution in [0.15, 0.2) is 67.0 Å². The molecular weight excluding hydrogens is 378 g/mol. The highest BCUT2D eigenvalue weighted by atomic mass is 16.2. The quantitative estimate of drug-likeness (QED) is 0.635. The molecule has 7 nitrogen and oxygen atoms in total. The molecule has 0 unspecified atom stereocenters. The van der Waals surface area contributed by atoms with Crippen molar-refractivity contribution in [3.05, 3.63) is 83.7 Å². The van der Waals surface area contributed by atoms with E-state index in [0.717, 1.165) is 29.7 Å². The van der Waals surface area contributed by atoms with E-state index < -0.39 is 0 Å². The van der Waals surface area contributed by atoms with Crippen LogP contribution in [0.2, 0.25) is 0 Å². The molecule has 3 aromatic rings. The normalized spacial score (nSPS) is 13.5. The third-order valence-corrected chi connectivity index (χ3v) is 5.21. The molecule has 1 aliphatic heterocycles. The fourth-order valence-corrected chi connectivity index (χ4v) is 3.59. The van der Waals surface area contributed by atoms with Gasteiger partial charge in [-0.15, -0.1) is 0 Å². The van der Waals surface area contributed by atoms with Crippen LogP contribution in [-0.2, 0) is 24.4 Å². The molecule has 1 fully saturated rings. The number of carbonyl (C=O) groups is 2. The Hall–Kier alpha value is -3.61. The molecule has 2 heterocycles. The number of hydrogen-bond donors (Lipinski definition) is 2. The van der Waals surface area contributed by atoms with Gasteiger partial charge in [0.2, 0.25) is 5.91 Å². The minimum Gasteiger partial charge on any atom is -0.338 e. The molecule has 3 amide bonds. The van der Waals surface area contributed by atoms with Crippen molar-refractivity contribution in [1.29, 1.82) is 0 Å². The van der Waals surface area contributed by atoms with Gasteiger partial charge in [-0.2, -0.15) is 5.10 Å². The van der Waals surface area contributed by atoms with Crippen molar-refractivity contribution in [2.45, 2.75) is 32.5 Å². The summed E-state index contributed by atoms with van der Waals surface area (Å²) < 4.78 is 1.86. The molecule has 2 aromatic carbocycles. The van der Waals surface area contributed by atoms with Gasteiger partial charge >= 0.3 is 6.03 Å². The highest BCUT2D eigenvalue weighted by Gasteiger charge is 2.19. The lowest BCUT2D eigenvalue weighted by atomic mass is 10.1. The van der Waals surface area contributed by atoms with E-state index in [1.54, 1.807) is 6.20 Å². The molecule has 0 atom stereocenters. The summed E-state index contributed by atoms with van der Waals surface area (Å²) in [5.41, 5.74) is 3.94. The van der Waals surface area contributed by atoms with E-state index in [4.69, 9.17) is 0 Å². The van der Waals surface area contributed by atoms with Crippen LogP contribution in [0.1, 0.15) is 29.5 Å². The van der Waals surface area contributed by atoms with Gasteiger partial charge < -0.3 is 15.5 Å². The number of benzene rings is 2. The van der Waals surface area contributed by atoms with Crippen LogP contribution in [-0.4, -0.2) is 33.2 Å². The Labute approximate surface area is 175 Å². The number of aromatic nitrogens is 2. The number of rotatable bonds is 7. The van der Waals surface area contributed by atoms with E-state index in [-0.39, 0.29) is 11.9 Å². The third kappa shape index (κ3) is 5.05. The summed E-state index contributed by atoms with van der Waals surface area (Å²) in [7, 11) is 0. The number of likely N-dealkylation sites (tertiary alicyclic amines) is 1. The Kier molecular flexibility index (Phi) is 6.08. The summed E-state index contributed by atoms with van der Waals surface area (Å²) in [5, 5.41) is 10.0. The van der Waals surface area contributed by atoms with Gasteiger partial charge in [-0.25, -0.2) is 4.79 Å². The Morgan fingerprint density at radius 3 is 2.50 bits per heavy atom. The van der Waals surface area contributed by atoms with Gasteiger partial charge in [0, 0.05) is 44.1 Å². The Bertz CT molecular complexity index is 999. The van der Waals surface area contributed by atoms with Crippen LogP contribution >= 0.6 is 0 Å². The topological polar surface area (TPSA) is 79.3 Å². The first-order valence-electron chi connectivity index (χ1n) is 10.1. The predicted octanol–water partition coefficient (Wildman–Crippen LogP) is 3.38. The fraction of sp³-hybridized carbons (Fsp3) is 0.261. The van der Waals surface area contributed by atoms with Gasteiger partial charge in [0.1, 0.15) is 0 Å². The monoisotopic (exact) mass is 403 g/mol. The van der Waals surface area contributed by atoms with Crippen molar-refractivity contribution in [1.82, 2.24) is 20.0 Å². The molecule has 0 spiro atoms. The van der Waals surface area contributed by atoms with Crippen LogP contribution in [0.5, 0.6) is 0 Å². The summed E-state index contributed by atoms with van der Waals surface area (Å²) in [5.74, 6) is 0.212. The van der Waals surface area contributed by atoms with Crippen molar-refractivity contribution < 1.29 is 9.59 Å². The zero-order valence-electron chi connectivity index (χ0n) is 16.8. The van der Waals surface area contributed by atoms with E-state index in [0.29, 0.717) is 31.7 Å². The minimum absolute atomic E-state index is 0.212. The second-order valence-electron chi connectivity index (χ2n) is 7.40. The van der Waals surface area contributed by atoms with Gasteiger partial charge in [0.25, 0.3) is 0 Å². The van der Waals surface area contributed by atoms with Gasteiger partial charge in [0.15, 0.2) is 0 Å². The smallest absolute Gasteiger partial charge is 0.319 e. The molecule has 0 saturated carbocycles. The van der Waals surface area contributed by atoms with Crippen LogP contribution < -0.4 is 10.6 Å². The summed E-state index contributed by atoms with van der Waals surface area (Å²) in [6.45, 7) is 2.54. The summed E-state index contributed by atoms with van der Waals surface area (Å²) in [6.07, 6.45) is 5.25. The maximum Gasteiger partial charge on any atom is 0.319 e. The molecule has 7 heteroatoms. The Morgan fingerprint density at radius 2 is 1.80 bits per heavy atom. The SMILES string of the molecule is O=C(NCc1ccccc1Cn1cccn1)Nc1ccc(CN2CCCC2=O)cc1. The van der Waals surface area contributed by atoms with Crippen LogP contribution in [0.4, 0.5) is 10.5 Å². The van der Waals surface area contributed by atoms with Gasteiger partial charge in [-0.3, -0.25) is 9.48 Å². The first-order chi connectivity index (χ1) is 14.7. The minimum atomic E-state index is -0.258. The summed E-state index contributed by atoms with van der Waals surface area (Å²) >= 11 is 0. The highest BCUT2D eigenvalue weighted by molar-refractivity contribution is 5.89.